The average Bonchev–Trinajstić information content (AvgIpc) is 2.34. The Balaban J connectivity index is 2.45. The van der Waals surface area contributed by atoms with Gasteiger partial charge in [-0.15, -0.1) is 16.9 Å². The number of nitrogens with zero attached hydrogens (tertiary/aromatic N) is 3. The molecule has 0 saturated heterocycles. The van der Waals surface area contributed by atoms with E-state index in [1.165, 1.54) is 22.9 Å². The van der Waals surface area contributed by atoms with Gasteiger partial charge in [0.1, 0.15) is 5.03 Å². The number of thioether (sulfide) groups is 1. The Kier molecular flexibility index (Phi) is 1.41. The molecule has 4 heteroatoms. The molecule has 0 saturated carbocycles. The van der Waals surface area contributed by atoms with Crippen LogP contribution in [0, 0.1) is 0 Å². The topological polar surface area (TPSA) is 30.7 Å². The molecule has 1 aromatic rings. The number of aryl methyl sites for hydroxylation is 2. The molecule has 0 fully saturated rings. The molecule has 0 aliphatic carbocycles. The molecule has 2 heterocycles. The first kappa shape index (κ1) is 6.22. The minimum Gasteiger partial charge on any atom is -0.242 e. The third kappa shape index (κ3) is 0.831. The van der Waals surface area contributed by atoms with Crippen LogP contribution in [0.1, 0.15) is 12.1 Å². The highest BCUT2D eigenvalue weighted by molar-refractivity contribution is 7.99. The molecule has 0 atom stereocenters. The summed E-state index contributed by atoms with van der Waals surface area (Å²) in [5, 5.41) is 9.25. The molecule has 54 valence electrons. The van der Waals surface area contributed by atoms with E-state index in [0.29, 0.717) is 0 Å². The van der Waals surface area contributed by atoms with Gasteiger partial charge in [0.05, 0.1) is 5.69 Å². The SMILES string of the molecule is Cn1nnc2c1SCCC2. The Morgan fingerprint density at radius 2 is 2.50 bits per heavy atom. The number of hydrogen-bond acceptors (Lipinski definition) is 3. The highest BCUT2D eigenvalue weighted by atomic mass is 32.2. The van der Waals surface area contributed by atoms with Crippen LogP contribution in [0.4, 0.5) is 0 Å². The van der Waals surface area contributed by atoms with Gasteiger partial charge in [0, 0.05) is 7.05 Å². The number of fused-ring (bicyclic) bond motifs is 1. The fourth-order valence-corrected chi connectivity index (χ4v) is 2.15. The fourth-order valence-electron chi connectivity index (χ4n) is 1.13. The van der Waals surface area contributed by atoms with Gasteiger partial charge >= 0.3 is 0 Å². The Labute approximate surface area is 63.8 Å². The van der Waals surface area contributed by atoms with Gasteiger partial charge in [-0.3, -0.25) is 0 Å². The molecule has 3 nitrogen and oxygen atoms in total. The first-order valence-electron chi connectivity index (χ1n) is 3.39. The second-order valence-electron chi connectivity index (χ2n) is 2.42. The van der Waals surface area contributed by atoms with Crippen molar-refractivity contribution in [1.29, 1.82) is 0 Å². The summed E-state index contributed by atoms with van der Waals surface area (Å²) >= 11 is 1.86. The smallest absolute Gasteiger partial charge is 0.117 e. The minimum atomic E-state index is 1.11. The lowest BCUT2D eigenvalue weighted by Gasteiger charge is -2.08. The van der Waals surface area contributed by atoms with Gasteiger partial charge in [0.2, 0.25) is 0 Å². The summed E-state index contributed by atoms with van der Waals surface area (Å²) in [5.74, 6) is 1.22. The minimum absolute atomic E-state index is 1.11. The number of aromatic nitrogens is 3. The van der Waals surface area contributed by atoms with Crippen molar-refractivity contribution in [3.8, 4) is 0 Å². The molecule has 2 rings (SSSR count). The maximum Gasteiger partial charge on any atom is 0.117 e. The van der Waals surface area contributed by atoms with E-state index in [9.17, 15) is 0 Å². The number of rotatable bonds is 0. The monoisotopic (exact) mass is 155 g/mol. The molecule has 0 unspecified atom stereocenters. The van der Waals surface area contributed by atoms with Gasteiger partial charge in [-0.25, -0.2) is 4.68 Å². The highest BCUT2D eigenvalue weighted by Crippen LogP contribution is 2.26. The molecular weight excluding hydrogens is 146 g/mol. The first-order chi connectivity index (χ1) is 4.88. The summed E-state index contributed by atoms with van der Waals surface area (Å²) in [4.78, 5) is 0. The molecule has 0 bridgehead atoms. The molecule has 1 aliphatic heterocycles. The van der Waals surface area contributed by atoms with E-state index in [4.69, 9.17) is 0 Å². The van der Waals surface area contributed by atoms with Crippen LogP contribution in [-0.2, 0) is 13.5 Å². The summed E-state index contributed by atoms with van der Waals surface area (Å²) in [5.41, 5.74) is 1.18. The largest absolute Gasteiger partial charge is 0.242 e. The van der Waals surface area contributed by atoms with E-state index in [2.05, 4.69) is 10.3 Å². The molecule has 0 amide bonds. The fraction of sp³-hybridized carbons (Fsp3) is 0.667. The Hall–Kier alpha value is -0.510. The van der Waals surface area contributed by atoms with Gasteiger partial charge in [0.25, 0.3) is 0 Å². The van der Waals surface area contributed by atoms with E-state index in [1.54, 1.807) is 0 Å². The Bertz CT molecular complexity index is 243. The third-order valence-corrected chi connectivity index (χ3v) is 2.90. The van der Waals surface area contributed by atoms with E-state index in [1.807, 2.05) is 23.5 Å². The Morgan fingerprint density at radius 1 is 1.60 bits per heavy atom. The zero-order valence-electron chi connectivity index (χ0n) is 5.87. The summed E-state index contributed by atoms with van der Waals surface area (Å²) in [6.45, 7) is 0. The lowest BCUT2D eigenvalue weighted by Crippen LogP contribution is -2.00. The van der Waals surface area contributed by atoms with Crippen molar-refractivity contribution >= 4 is 11.8 Å². The predicted octanol–water partition coefficient (Wildman–Crippen LogP) is 0.853. The molecule has 10 heavy (non-hydrogen) atoms. The van der Waals surface area contributed by atoms with Gasteiger partial charge in [0.15, 0.2) is 0 Å². The molecule has 0 radical (unpaired) electrons. The third-order valence-electron chi connectivity index (χ3n) is 1.64. The number of hydrogen-bond donors (Lipinski definition) is 0. The summed E-state index contributed by atoms with van der Waals surface area (Å²) in [6, 6.07) is 0. The van der Waals surface area contributed by atoms with Gasteiger partial charge < -0.3 is 0 Å². The molecule has 1 aromatic heterocycles. The van der Waals surface area contributed by atoms with Crippen molar-refractivity contribution in [1.82, 2.24) is 15.0 Å². The lowest BCUT2D eigenvalue weighted by atomic mass is 10.3. The summed E-state index contributed by atoms with van der Waals surface area (Å²) in [7, 11) is 1.95. The van der Waals surface area contributed by atoms with Crippen LogP contribution < -0.4 is 0 Å². The van der Waals surface area contributed by atoms with Crippen LogP contribution in [0.25, 0.3) is 0 Å². The van der Waals surface area contributed by atoms with Crippen LogP contribution in [0.15, 0.2) is 5.03 Å². The van der Waals surface area contributed by atoms with E-state index in [-0.39, 0.29) is 0 Å². The van der Waals surface area contributed by atoms with Crippen molar-refractivity contribution < 1.29 is 0 Å². The van der Waals surface area contributed by atoms with Crippen molar-refractivity contribution in [3.05, 3.63) is 5.69 Å². The maximum absolute atomic E-state index is 4.05. The predicted molar refractivity (Wildman–Crippen MR) is 40.0 cm³/mol. The second-order valence-corrected chi connectivity index (χ2v) is 3.50. The van der Waals surface area contributed by atoms with Crippen molar-refractivity contribution in [2.45, 2.75) is 17.9 Å². The van der Waals surface area contributed by atoms with Crippen LogP contribution in [0.2, 0.25) is 0 Å². The van der Waals surface area contributed by atoms with Crippen molar-refractivity contribution in [2.75, 3.05) is 5.75 Å². The lowest BCUT2D eigenvalue weighted by molar-refractivity contribution is 0.664. The van der Waals surface area contributed by atoms with Crippen LogP contribution >= 0.6 is 11.8 Å². The Morgan fingerprint density at radius 3 is 3.30 bits per heavy atom. The molecule has 0 N–H and O–H groups in total. The zero-order chi connectivity index (χ0) is 6.97. The zero-order valence-corrected chi connectivity index (χ0v) is 6.69. The van der Waals surface area contributed by atoms with E-state index >= 15 is 0 Å². The average molecular weight is 155 g/mol. The van der Waals surface area contributed by atoms with Crippen LogP contribution in [0.3, 0.4) is 0 Å². The van der Waals surface area contributed by atoms with Crippen molar-refractivity contribution in [3.63, 3.8) is 0 Å². The van der Waals surface area contributed by atoms with E-state index < -0.39 is 0 Å². The molecule has 1 aliphatic rings. The van der Waals surface area contributed by atoms with Crippen molar-refractivity contribution in [2.24, 2.45) is 7.05 Å². The normalized spacial score (nSPS) is 16.9. The summed E-state index contributed by atoms with van der Waals surface area (Å²) < 4.78 is 1.86. The molecule has 0 spiro atoms. The quantitative estimate of drug-likeness (QED) is 0.556. The second kappa shape index (κ2) is 2.27. The van der Waals surface area contributed by atoms with Crippen LogP contribution in [-0.4, -0.2) is 20.7 Å². The maximum atomic E-state index is 4.05. The van der Waals surface area contributed by atoms with Crippen LogP contribution in [0.5, 0.6) is 0 Å². The van der Waals surface area contributed by atoms with E-state index in [0.717, 1.165) is 6.42 Å². The van der Waals surface area contributed by atoms with Gasteiger partial charge in [-0.05, 0) is 18.6 Å². The van der Waals surface area contributed by atoms with Gasteiger partial charge in [-0.1, -0.05) is 5.21 Å². The van der Waals surface area contributed by atoms with Gasteiger partial charge in [-0.2, -0.15) is 0 Å². The molecular formula is C6H9N3S. The summed E-state index contributed by atoms with van der Waals surface area (Å²) in [6.07, 6.45) is 2.35. The highest BCUT2D eigenvalue weighted by Gasteiger charge is 2.14. The standard InChI is InChI=1S/C6H9N3S/c1-9-6-5(7-8-9)3-2-4-10-6/h2-4H2,1H3. The first-order valence-corrected chi connectivity index (χ1v) is 4.38. The molecule has 0 aromatic carbocycles.